The number of piperidine rings is 1. The average Bonchev–Trinajstić information content (AvgIpc) is 3.14. The van der Waals surface area contributed by atoms with E-state index in [2.05, 4.69) is 10.4 Å². The van der Waals surface area contributed by atoms with Crippen molar-refractivity contribution >= 4 is 56.6 Å². The van der Waals surface area contributed by atoms with E-state index in [1.807, 2.05) is 13.0 Å². The Labute approximate surface area is 213 Å². The van der Waals surface area contributed by atoms with Crippen LogP contribution in [0.25, 0.3) is 0 Å². The summed E-state index contributed by atoms with van der Waals surface area (Å²) in [4.78, 5) is 13.0. The molecule has 1 saturated heterocycles. The minimum atomic E-state index is -3.62. The first-order valence-corrected chi connectivity index (χ1v) is 13.3. The molecule has 0 aliphatic carbocycles. The van der Waals surface area contributed by atoms with Crippen LogP contribution < -0.4 is 5.32 Å². The Hall–Kier alpha value is -2.10. The quantitative estimate of drug-likeness (QED) is 0.463. The molecule has 0 radical (unpaired) electrons. The van der Waals surface area contributed by atoms with Gasteiger partial charge in [0.15, 0.2) is 5.82 Å². The average molecular weight is 542 g/mol. The van der Waals surface area contributed by atoms with Gasteiger partial charge in [0.1, 0.15) is 0 Å². The van der Waals surface area contributed by atoms with E-state index >= 15 is 0 Å². The summed E-state index contributed by atoms with van der Waals surface area (Å²) in [7, 11) is -3.62. The summed E-state index contributed by atoms with van der Waals surface area (Å²) in [5, 5.41) is 8.93. The number of hydrogen-bond donors (Lipinski definition) is 1. The molecule has 3 aromatic rings. The topological polar surface area (TPSA) is 84.3 Å². The Morgan fingerprint density at radius 3 is 2.32 bits per heavy atom. The van der Waals surface area contributed by atoms with Gasteiger partial charge < -0.3 is 5.32 Å². The number of hydrogen-bond acceptors (Lipinski definition) is 4. The van der Waals surface area contributed by atoms with E-state index in [9.17, 15) is 13.2 Å². The lowest BCUT2D eigenvalue weighted by Gasteiger charge is -2.30. The number of aryl methyl sites for hydroxylation is 1. The molecule has 1 amide bonds. The smallest absolute Gasteiger partial charge is 0.243 e. The lowest BCUT2D eigenvalue weighted by atomic mass is 9.97. The molecule has 4 rings (SSSR count). The molecule has 7 nitrogen and oxygen atoms in total. The van der Waals surface area contributed by atoms with Crippen molar-refractivity contribution < 1.29 is 13.2 Å². The van der Waals surface area contributed by atoms with Gasteiger partial charge in [0, 0.05) is 45.8 Å². The Kier molecular flexibility index (Phi) is 7.54. The highest BCUT2D eigenvalue weighted by molar-refractivity contribution is 7.89. The minimum Gasteiger partial charge on any atom is -0.309 e. The van der Waals surface area contributed by atoms with Gasteiger partial charge >= 0.3 is 0 Å². The van der Waals surface area contributed by atoms with Gasteiger partial charge in [-0.1, -0.05) is 40.9 Å². The van der Waals surface area contributed by atoms with E-state index in [0.29, 0.717) is 40.3 Å². The van der Waals surface area contributed by atoms with Crippen molar-refractivity contribution in [1.29, 1.82) is 0 Å². The molecule has 2 aromatic carbocycles. The van der Waals surface area contributed by atoms with E-state index < -0.39 is 10.0 Å². The highest BCUT2D eigenvalue weighted by Crippen LogP contribution is 2.26. The number of nitrogens with one attached hydrogen (secondary N) is 1. The number of halogens is 3. The summed E-state index contributed by atoms with van der Waals surface area (Å²) in [5.41, 5.74) is 1.73. The molecule has 0 bridgehead atoms. The van der Waals surface area contributed by atoms with Crippen molar-refractivity contribution in [2.75, 3.05) is 18.4 Å². The van der Waals surface area contributed by atoms with Crippen molar-refractivity contribution in [3.05, 3.63) is 74.9 Å². The molecule has 2 heterocycles. The maximum absolute atomic E-state index is 12.9. The summed E-state index contributed by atoms with van der Waals surface area (Å²) < 4.78 is 28.9. The molecule has 1 aromatic heterocycles. The third-order valence-corrected chi connectivity index (χ3v) is 8.60. The van der Waals surface area contributed by atoms with Crippen LogP contribution in [0.2, 0.25) is 15.1 Å². The molecule has 0 spiro atoms. The molecule has 0 saturated carbocycles. The molecule has 11 heteroatoms. The Bertz CT molecular complexity index is 1300. The second-order valence-electron chi connectivity index (χ2n) is 8.19. The first-order valence-electron chi connectivity index (χ1n) is 10.7. The maximum Gasteiger partial charge on any atom is 0.243 e. The molecule has 1 aliphatic heterocycles. The third-order valence-electron chi connectivity index (χ3n) is 5.84. The fourth-order valence-electron chi connectivity index (χ4n) is 3.88. The summed E-state index contributed by atoms with van der Waals surface area (Å²) >= 11 is 18.1. The summed E-state index contributed by atoms with van der Waals surface area (Å²) in [5.74, 6) is -0.0191. The SMILES string of the molecule is Cc1cc(NC(=O)C2CCN(S(=O)(=O)c3ccc(Cl)cc3)CC2)nn1Cc1ccc(Cl)cc1Cl. The van der Waals surface area contributed by atoms with E-state index in [1.54, 1.807) is 35.0 Å². The van der Waals surface area contributed by atoms with Gasteiger partial charge in [-0.3, -0.25) is 9.48 Å². The Morgan fingerprint density at radius 1 is 1.03 bits per heavy atom. The Morgan fingerprint density at radius 2 is 1.68 bits per heavy atom. The standard InChI is InChI=1S/C23H23Cl3N4O3S/c1-15-12-22(28-30(15)14-17-2-3-19(25)13-21(17)26)27-23(31)16-8-10-29(11-9-16)34(32,33)20-6-4-18(24)5-7-20/h2-7,12-13,16H,8-11,14H2,1H3,(H,27,28,31). The number of rotatable bonds is 6. The van der Waals surface area contributed by atoms with Crippen LogP contribution in [0.5, 0.6) is 0 Å². The summed E-state index contributed by atoms with van der Waals surface area (Å²) in [6.45, 7) is 2.88. The maximum atomic E-state index is 12.9. The van der Waals surface area contributed by atoms with Crippen LogP contribution in [0.3, 0.4) is 0 Å². The number of benzene rings is 2. The summed E-state index contributed by atoms with van der Waals surface area (Å²) in [6, 6.07) is 13.2. The molecule has 0 unspecified atom stereocenters. The lowest BCUT2D eigenvalue weighted by molar-refractivity contribution is -0.120. The van der Waals surface area contributed by atoms with Crippen LogP contribution >= 0.6 is 34.8 Å². The second kappa shape index (κ2) is 10.3. The summed E-state index contributed by atoms with van der Waals surface area (Å²) in [6.07, 6.45) is 0.859. The van der Waals surface area contributed by atoms with Gasteiger partial charge in [0.2, 0.25) is 15.9 Å². The number of sulfonamides is 1. The van der Waals surface area contributed by atoms with E-state index in [4.69, 9.17) is 34.8 Å². The van der Waals surface area contributed by atoms with E-state index in [0.717, 1.165) is 11.3 Å². The normalized spacial score (nSPS) is 15.4. The lowest BCUT2D eigenvalue weighted by Crippen LogP contribution is -2.41. The van der Waals surface area contributed by atoms with E-state index in [-0.39, 0.29) is 29.8 Å². The second-order valence-corrected chi connectivity index (χ2v) is 11.4. The van der Waals surface area contributed by atoms with Crippen molar-refractivity contribution in [2.24, 2.45) is 5.92 Å². The van der Waals surface area contributed by atoms with Gasteiger partial charge in [0.05, 0.1) is 11.4 Å². The van der Waals surface area contributed by atoms with Gasteiger partial charge in [-0.2, -0.15) is 9.40 Å². The number of carbonyl (C=O) groups excluding carboxylic acids is 1. The predicted octanol–water partition coefficient (Wildman–Crippen LogP) is 5.24. The van der Waals surface area contributed by atoms with Crippen LogP contribution in [0.1, 0.15) is 24.1 Å². The minimum absolute atomic E-state index is 0.169. The predicted molar refractivity (Wildman–Crippen MR) is 134 cm³/mol. The molecule has 1 N–H and O–H groups in total. The number of aromatic nitrogens is 2. The van der Waals surface area contributed by atoms with E-state index in [1.165, 1.54) is 16.4 Å². The molecular formula is C23H23Cl3N4O3S. The van der Waals surface area contributed by atoms with Crippen molar-refractivity contribution in [3.63, 3.8) is 0 Å². The molecule has 1 aliphatic rings. The van der Waals surface area contributed by atoms with Gasteiger partial charge in [-0.25, -0.2) is 8.42 Å². The van der Waals surface area contributed by atoms with Gasteiger partial charge in [-0.15, -0.1) is 0 Å². The molecular weight excluding hydrogens is 519 g/mol. The number of nitrogens with zero attached hydrogens (tertiary/aromatic N) is 3. The zero-order chi connectivity index (χ0) is 24.5. The first-order chi connectivity index (χ1) is 16.1. The highest BCUT2D eigenvalue weighted by Gasteiger charge is 2.32. The largest absolute Gasteiger partial charge is 0.309 e. The zero-order valence-electron chi connectivity index (χ0n) is 18.3. The Balaban J connectivity index is 1.36. The molecule has 180 valence electrons. The van der Waals surface area contributed by atoms with Crippen LogP contribution in [0.4, 0.5) is 5.82 Å². The molecule has 0 atom stereocenters. The number of anilines is 1. The van der Waals surface area contributed by atoms with Gasteiger partial charge in [-0.05, 0) is 61.7 Å². The molecule has 34 heavy (non-hydrogen) atoms. The van der Waals surface area contributed by atoms with Crippen molar-refractivity contribution in [2.45, 2.75) is 31.2 Å². The monoisotopic (exact) mass is 540 g/mol. The first kappa shape index (κ1) is 25.0. The van der Waals surface area contributed by atoms with Crippen LogP contribution in [0.15, 0.2) is 53.4 Å². The van der Waals surface area contributed by atoms with Crippen LogP contribution in [-0.4, -0.2) is 41.5 Å². The van der Waals surface area contributed by atoms with Crippen molar-refractivity contribution in [1.82, 2.24) is 14.1 Å². The zero-order valence-corrected chi connectivity index (χ0v) is 21.4. The highest BCUT2D eigenvalue weighted by atomic mass is 35.5. The number of carbonyl (C=O) groups is 1. The van der Waals surface area contributed by atoms with Crippen molar-refractivity contribution in [3.8, 4) is 0 Å². The molecule has 1 fully saturated rings. The van der Waals surface area contributed by atoms with Crippen LogP contribution in [0, 0.1) is 12.8 Å². The van der Waals surface area contributed by atoms with Gasteiger partial charge in [0.25, 0.3) is 0 Å². The fourth-order valence-corrected chi connectivity index (χ4v) is 5.95. The fraction of sp³-hybridized carbons (Fsp3) is 0.304. The number of amides is 1. The van der Waals surface area contributed by atoms with Crippen LogP contribution in [-0.2, 0) is 21.4 Å². The third kappa shape index (κ3) is 5.58.